The maximum absolute atomic E-state index is 12.5. The van der Waals surface area contributed by atoms with E-state index in [1.807, 2.05) is 19.1 Å². The van der Waals surface area contributed by atoms with E-state index in [9.17, 15) is 18.0 Å². The van der Waals surface area contributed by atoms with Crippen LogP contribution in [0.3, 0.4) is 0 Å². The molecule has 0 aromatic heterocycles. The number of carbonyl (C=O) groups is 1. The Labute approximate surface area is 138 Å². The summed E-state index contributed by atoms with van der Waals surface area (Å²) in [5.41, 5.74) is 0.276. The first-order valence-corrected chi connectivity index (χ1v) is 7.52. The van der Waals surface area contributed by atoms with Crippen molar-refractivity contribution in [2.45, 2.75) is 26.1 Å². The molecule has 2 aromatic carbocycles. The first-order chi connectivity index (χ1) is 11.3. The molecular formula is C18H18F3NO2. The van der Waals surface area contributed by atoms with Crippen molar-refractivity contribution >= 4 is 5.91 Å². The molecule has 0 aliphatic rings. The molecular weight excluding hydrogens is 319 g/mol. The van der Waals surface area contributed by atoms with Crippen molar-refractivity contribution in [2.75, 3.05) is 6.61 Å². The van der Waals surface area contributed by atoms with Gasteiger partial charge >= 0.3 is 6.18 Å². The van der Waals surface area contributed by atoms with Gasteiger partial charge in [-0.25, -0.2) is 0 Å². The van der Waals surface area contributed by atoms with E-state index >= 15 is 0 Å². The average molecular weight is 337 g/mol. The molecule has 0 fully saturated rings. The molecule has 128 valence electrons. The predicted octanol–water partition coefficient (Wildman–Crippen LogP) is 4.60. The molecule has 0 aliphatic heterocycles. The molecule has 1 atom stereocenters. The zero-order chi connectivity index (χ0) is 17.7. The van der Waals surface area contributed by atoms with Crippen LogP contribution in [0.2, 0.25) is 0 Å². The Morgan fingerprint density at radius 2 is 1.67 bits per heavy atom. The number of benzene rings is 2. The van der Waals surface area contributed by atoms with E-state index in [1.165, 1.54) is 12.1 Å². The van der Waals surface area contributed by atoms with Crippen molar-refractivity contribution in [2.24, 2.45) is 0 Å². The molecule has 6 heteroatoms. The number of amides is 1. The second-order valence-corrected chi connectivity index (χ2v) is 5.27. The standard InChI is InChI=1S/C18H18F3NO2/c1-3-24-16-10-6-13(7-11-16)12(2)22-17(23)14-4-8-15(9-5-14)18(19,20)21/h4-12H,3H2,1-2H3,(H,22,23)/t12-/m0/s1. The Morgan fingerprint density at radius 1 is 1.08 bits per heavy atom. The van der Waals surface area contributed by atoms with Crippen molar-refractivity contribution in [1.82, 2.24) is 5.32 Å². The summed E-state index contributed by atoms with van der Waals surface area (Å²) in [6.45, 7) is 4.26. The van der Waals surface area contributed by atoms with Gasteiger partial charge in [-0.05, 0) is 55.8 Å². The van der Waals surface area contributed by atoms with Gasteiger partial charge in [-0.3, -0.25) is 4.79 Å². The Hall–Kier alpha value is -2.50. The first kappa shape index (κ1) is 17.8. The van der Waals surface area contributed by atoms with Gasteiger partial charge in [-0.15, -0.1) is 0 Å². The van der Waals surface area contributed by atoms with E-state index < -0.39 is 17.6 Å². The van der Waals surface area contributed by atoms with Crippen LogP contribution in [0.25, 0.3) is 0 Å². The Bertz CT molecular complexity index is 679. The lowest BCUT2D eigenvalue weighted by molar-refractivity contribution is -0.137. The second kappa shape index (κ2) is 7.38. The maximum Gasteiger partial charge on any atom is 0.416 e. The van der Waals surface area contributed by atoms with Gasteiger partial charge in [0.25, 0.3) is 5.91 Å². The van der Waals surface area contributed by atoms with Gasteiger partial charge in [0.1, 0.15) is 5.75 Å². The minimum absolute atomic E-state index is 0.181. The zero-order valence-electron chi connectivity index (χ0n) is 13.4. The van der Waals surface area contributed by atoms with Gasteiger partial charge in [-0.2, -0.15) is 13.2 Å². The van der Waals surface area contributed by atoms with E-state index in [-0.39, 0.29) is 11.6 Å². The van der Waals surface area contributed by atoms with Crippen molar-refractivity contribution in [3.8, 4) is 5.75 Å². The number of carbonyl (C=O) groups excluding carboxylic acids is 1. The first-order valence-electron chi connectivity index (χ1n) is 7.52. The lowest BCUT2D eigenvalue weighted by Crippen LogP contribution is -2.26. The SMILES string of the molecule is CCOc1ccc([C@H](C)NC(=O)c2ccc(C(F)(F)F)cc2)cc1. The molecule has 24 heavy (non-hydrogen) atoms. The summed E-state index contributed by atoms with van der Waals surface area (Å²) in [6, 6.07) is 11.1. The van der Waals surface area contributed by atoms with Gasteiger partial charge in [0.15, 0.2) is 0 Å². The molecule has 2 rings (SSSR count). The molecule has 0 bridgehead atoms. The Kier molecular flexibility index (Phi) is 5.49. The number of alkyl halides is 3. The van der Waals surface area contributed by atoms with E-state index in [0.29, 0.717) is 6.61 Å². The van der Waals surface area contributed by atoms with Crippen LogP contribution in [0.1, 0.15) is 41.4 Å². The number of ether oxygens (including phenoxy) is 1. The number of rotatable bonds is 5. The highest BCUT2D eigenvalue weighted by Gasteiger charge is 2.30. The van der Waals surface area contributed by atoms with Gasteiger partial charge in [0.2, 0.25) is 0 Å². The molecule has 0 heterocycles. The van der Waals surface area contributed by atoms with Crippen LogP contribution < -0.4 is 10.1 Å². The summed E-state index contributed by atoms with van der Waals surface area (Å²) in [6.07, 6.45) is -4.41. The highest BCUT2D eigenvalue weighted by Crippen LogP contribution is 2.29. The highest BCUT2D eigenvalue weighted by atomic mass is 19.4. The summed E-state index contributed by atoms with van der Waals surface area (Å²) in [4.78, 5) is 12.1. The third-order valence-corrected chi connectivity index (χ3v) is 3.51. The third-order valence-electron chi connectivity index (χ3n) is 3.51. The predicted molar refractivity (Wildman–Crippen MR) is 84.9 cm³/mol. The van der Waals surface area contributed by atoms with Gasteiger partial charge < -0.3 is 10.1 Å². The minimum atomic E-state index is -4.41. The molecule has 0 radical (unpaired) electrons. The van der Waals surface area contributed by atoms with Crippen LogP contribution in [0.15, 0.2) is 48.5 Å². The molecule has 0 aliphatic carbocycles. The normalized spacial score (nSPS) is 12.5. The summed E-state index contributed by atoms with van der Waals surface area (Å²) in [5, 5.41) is 2.76. The third kappa shape index (κ3) is 4.50. The van der Waals surface area contributed by atoms with Crippen molar-refractivity contribution < 1.29 is 22.7 Å². The van der Waals surface area contributed by atoms with Crippen LogP contribution >= 0.6 is 0 Å². The second-order valence-electron chi connectivity index (χ2n) is 5.27. The topological polar surface area (TPSA) is 38.3 Å². The molecule has 0 unspecified atom stereocenters. The van der Waals surface area contributed by atoms with E-state index in [0.717, 1.165) is 23.4 Å². The van der Waals surface area contributed by atoms with Crippen molar-refractivity contribution in [1.29, 1.82) is 0 Å². The number of hydrogen-bond donors (Lipinski definition) is 1. The monoisotopic (exact) mass is 337 g/mol. The zero-order valence-corrected chi connectivity index (χ0v) is 13.4. The van der Waals surface area contributed by atoms with Crippen LogP contribution in [0, 0.1) is 0 Å². The maximum atomic E-state index is 12.5. The van der Waals surface area contributed by atoms with E-state index in [2.05, 4.69) is 5.32 Å². The van der Waals surface area contributed by atoms with Gasteiger partial charge in [0, 0.05) is 5.56 Å². The minimum Gasteiger partial charge on any atom is -0.494 e. The summed E-state index contributed by atoms with van der Waals surface area (Å²) < 4.78 is 42.9. The quantitative estimate of drug-likeness (QED) is 0.866. The van der Waals surface area contributed by atoms with Crippen LogP contribution in [-0.2, 0) is 6.18 Å². The summed E-state index contributed by atoms with van der Waals surface area (Å²) >= 11 is 0. The van der Waals surface area contributed by atoms with Gasteiger partial charge in [-0.1, -0.05) is 12.1 Å². The molecule has 0 spiro atoms. The van der Waals surface area contributed by atoms with Crippen LogP contribution in [-0.4, -0.2) is 12.5 Å². The van der Waals surface area contributed by atoms with Crippen molar-refractivity contribution in [3.63, 3.8) is 0 Å². The highest BCUT2D eigenvalue weighted by molar-refractivity contribution is 5.94. The smallest absolute Gasteiger partial charge is 0.416 e. The molecule has 1 amide bonds. The number of nitrogens with one attached hydrogen (secondary N) is 1. The largest absolute Gasteiger partial charge is 0.494 e. The Balaban J connectivity index is 2.03. The van der Waals surface area contributed by atoms with E-state index in [1.54, 1.807) is 19.1 Å². The number of halogens is 3. The fraction of sp³-hybridized carbons (Fsp3) is 0.278. The lowest BCUT2D eigenvalue weighted by Gasteiger charge is -2.15. The average Bonchev–Trinajstić information content (AvgIpc) is 2.55. The van der Waals surface area contributed by atoms with Crippen molar-refractivity contribution in [3.05, 3.63) is 65.2 Å². The van der Waals surface area contributed by atoms with Crippen LogP contribution in [0.5, 0.6) is 5.75 Å². The van der Waals surface area contributed by atoms with Gasteiger partial charge in [0.05, 0.1) is 18.2 Å². The summed E-state index contributed by atoms with van der Waals surface area (Å²) in [7, 11) is 0. The summed E-state index contributed by atoms with van der Waals surface area (Å²) in [5.74, 6) is 0.313. The molecule has 3 nitrogen and oxygen atoms in total. The molecule has 2 aromatic rings. The molecule has 0 saturated carbocycles. The Morgan fingerprint density at radius 3 is 2.17 bits per heavy atom. The molecule has 0 saturated heterocycles. The fourth-order valence-electron chi connectivity index (χ4n) is 2.19. The lowest BCUT2D eigenvalue weighted by atomic mass is 10.1. The van der Waals surface area contributed by atoms with E-state index in [4.69, 9.17) is 4.74 Å². The van der Waals surface area contributed by atoms with Crippen LogP contribution in [0.4, 0.5) is 13.2 Å². The molecule has 1 N–H and O–H groups in total. The fourth-order valence-corrected chi connectivity index (χ4v) is 2.19. The number of hydrogen-bond acceptors (Lipinski definition) is 2.